The molecule has 0 spiro atoms. The number of Topliss-reactive ketones (excluding diaryl/α,β-unsaturated/α-hetero) is 1. The molecular weight excluding hydrogens is 665 g/mol. The molecule has 7 heteroatoms. The van der Waals surface area contributed by atoms with Gasteiger partial charge in [0.1, 0.15) is 6.10 Å². The number of rotatable bonds is 14. The van der Waals surface area contributed by atoms with E-state index in [1.54, 1.807) is 0 Å². The SMILES string of the molecule is CC[Si](CC)(CC)O[C@@H]1C(=O)[C@H]2C(=C[C@@H]1C)C=C[C@H](C)[C@@H]2CC[C@@H]1C[C@H](CCO[Si](c2ccccc2)(c2ccccc2)C(C)(C)C)OC(C)(C)O1. The molecule has 2 aromatic rings. The summed E-state index contributed by atoms with van der Waals surface area (Å²) in [6, 6.07) is 24.9. The van der Waals surface area contributed by atoms with Gasteiger partial charge in [0.25, 0.3) is 8.32 Å². The van der Waals surface area contributed by atoms with Crippen molar-refractivity contribution in [1.29, 1.82) is 0 Å². The molecule has 2 aliphatic carbocycles. The summed E-state index contributed by atoms with van der Waals surface area (Å²) in [4.78, 5) is 14.4. The summed E-state index contributed by atoms with van der Waals surface area (Å²) in [7, 11) is -4.56. The van der Waals surface area contributed by atoms with Gasteiger partial charge < -0.3 is 18.3 Å². The fourth-order valence-corrected chi connectivity index (χ4v) is 16.8. The summed E-state index contributed by atoms with van der Waals surface area (Å²) in [5.41, 5.74) is 1.19. The highest BCUT2D eigenvalue weighted by molar-refractivity contribution is 6.99. The molecule has 0 unspecified atom stereocenters. The molecule has 1 saturated heterocycles. The van der Waals surface area contributed by atoms with Crippen LogP contribution in [-0.4, -0.2) is 53.1 Å². The van der Waals surface area contributed by atoms with Gasteiger partial charge in [0.15, 0.2) is 19.9 Å². The predicted octanol–water partition coefficient (Wildman–Crippen LogP) is 9.62. The van der Waals surface area contributed by atoms with Crippen LogP contribution in [0.25, 0.3) is 0 Å². The molecule has 0 radical (unpaired) electrons. The van der Waals surface area contributed by atoms with E-state index in [0.29, 0.717) is 18.3 Å². The molecule has 1 fully saturated rings. The van der Waals surface area contributed by atoms with Crippen LogP contribution in [0.5, 0.6) is 0 Å². The average Bonchev–Trinajstić information content (AvgIpc) is 3.10. The molecule has 1 heterocycles. The Balaban J connectivity index is 1.29. The van der Waals surface area contributed by atoms with Gasteiger partial charge in [-0.2, -0.15) is 0 Å². The lowest BCUT2D eigenvalue weighted by atomic mass is 9.65. The molecular formula is C44H66O5Si2. The second-order valence-corrected chi connectivity index (χ2v) is 26.1. The normalized spacial score (nSPS) is 28.3. The lowest BCUT2D eigenvalue weighted by molar-refractivity contribution is -0.302. The summed E-state index contributed by atoms with van der Waals surface area (Å²) in [5, 5.41) is 2.52. The maximum atomic E-state index is 14.4. The first-order chi connectivity index (χ1) is 24.2. The minimum Gasteiger partial charge on any atom is -0.407 e. The van der Waals surface area contributed by atoms with E-state index in [1.165, 1.54) is 15.9 Å². The van der Waals surface area contributed by atoms with Crippen LogP contribution in [0, 0.1) is 23.7 Å². The summed E-state index contributed by atoms with van der Waals surface area (Å²) in [6.07, 6.45) is 10.1. The molecule has 0 amide bonds. The van der Waals surface area contributed by atoms with Gasteiger partial charge in [-0.25, -0.2) is 0 Å². The number of hydrogen-bond acceptors (Lipinski definition) is 5. The molecule has 3 aliphatic rings. The molecule has 0 N–H and O–H groups in total. The third-order valence-corrected chi connectivity index (χ3v) is 22.0. The van der Waals surface area contributed by atoms with Crippen LogP contribution in [-0.2, 0) is 23.1 Å². The van der Waals surface area contributed by atoms with Crippen molar-refractivity contribution in [3.05, 3.63) is 84.5 Å². The molecule has 5 nitrogen and oxygen atoms in total. The standard InChI is InChI=1S/C44H66O5Si2/c1-11-50(12-2,13-3)49-42-33(5)30-34-25-24-32(4)39(40(34)41(42)45)27-26-35-31-36(48-44(9,10)47-35)28-29-46-51(43(6,7)8,37-20-16-14-17-21-37)38-22-18-15-19-23-38/h14-25,30,32-33,35-36,39-40,42H,11-13,26-29,31H2,1-10H3/t32-,33-,35+,36-,39-,40-,42-/m0/s1. The van der Waals surface area contributed by atoms with E-state index in [4.69, 9.17) is 18.3 Å². The fraction of sp³-hybridized carbons (Fsp3) is 0.614. The maximum absolute atomic E-state index is 14.4. The van der Waals surface area contributed by atoms with Gasteiger partial charge in [-0.15, -0.1) is 0 Å². The van der Waals surface area contributed by atoms with Crippen LogP contribution in [0.3, 0.4) is 0 Å². The molecule has 1 aliphatic heterocycles. The topological polar surface area (TPSA) is 54.0 Å². The van der Waals surface area contributed by atoms with Gasteiger partial charge >= 0.3 is 0 Å². The predicted molar refractivity (Wildman–Crippen MR) is 215 cm³/mol. The Morgan fingerprint density at radius 1 is 0.804 bits per heavy atom. The minimum atomic E-state index is -2.63. The first-order valence-electron chi connectivity index (χ1n) is 19.9. The summed E-state index contributed by atoms with van der Waals surface area (Å²) < 4.78 is 27.3. The van der Waals surface area contributed by atoms with Crippen LogP contribution < -0.4 is 10.4 Å². The second-order valence-electron chi connectivity index (χ2n) is 17.1. The zero-order chi connectivity index (χ0) is 37.0. The molecule has 51 heavy (non-hydrogen) atoms. The number of carbonyl (C=O) groups excluding carboxylic acids is 1. The van der Waals surface area contributed by atoms with Gasteiger partial charge in [0.2, 0.25) is 0 Å². The number of fused-ring (bicyclic) bond motifs is 1. The van der Waals surface area contributed by atoms with Crippen LogP contribution in [0.15, 0.2) is 84.5 Å². The monoisotopic (exact) mass is 730 g/mol. The number of ketones is 1. The van der Waals surface area contributed by atoms with E-state index in [-0.39, 0.29) is 41.1 Å². The number of hydrogen-bond donors (Lipinski definition) is 0. The first kappa shape index (κ1) is 40.1. The van der Waals surface area contributed by atoms with Gasteiger partial charge in [0.05, 0.1) is 12.2 Å². The van der Waals surface area contributed by atoms with Crippen molar-refractivity contribution in [3.8, 4) is 0 Å². The largest absolute Gasteiger partial charge is 0.407 e. The molecule has 0 bridgehead atoms. The van der Waals surface area contributed by atoms with Crippen molar-refractivity contribution in [3.63, 3.8) is 0 Å². The van der Waals surface area contributed by atoms with Crippen molar-refractivity contribution in [2.45, 2.75) is 142 Å². The van der Waals surface area contributed by atoms with Gasteiger partial charge in [-0.1, -0.05) is 134 Å². The molecule has 0 saturated carbocycles. The third kappa shape index (κ3) is 8.65. The fourth-order valence-electron chi connectivity index (χ4n) is 9.34. The van der Waals surface area contributed by atoms with Gasteiger partial charge in [0, 0.05) is 24.9 Å². The summed E-state index contributed by atoms with van der Waals surface area (Å²) in [5.74, 6) is 0.175. The Morgan fingerprint density at radius 3 is 1.88 bits per heavy atom. The Kier molecular flexibility index (Phi) is 12.9. The highest BCUT2D eigenvalue weighted by Gasteiger charge is 2.51. The zero-order valence-electron chi connectivity index (χ0n) is 33.2. The third-order valence-electron chi connectivity index (χ3n) is 12.3. The Labute approximate surface area is 311 Å². The van der Waals surface area contributed by atoms with E-state index in [0.717, 1.165) is 43.8 Å². The van der Waals surface area contributed by atoms with E-state index < -0.39 is 22.4 Å². The summed E-state index contributed by atoms with van der Waals surface area (Å²) in [6.45, 7) is 22.9. The average molecular weight is 731 g/mol. The molecule has 2 aromatic carbocycles. The van der Waals surface area contributed by atoms with Gasteiger partial charge in [-0.05, 0) is 84.1 Å². The summed E-state index contributed by atoms with van der Waals surface area (Å²) >= 11 is 0. The number of benzene rings is 2. The van der Waals surface area contributed by atoms with Gasteiger partial charge in [-0.3, -0.25) is 4.79 Å². The van der Waals surface area contributed by atoms with Crippen molar-refractivity contribution >= 4 is 32.8 Å². The number of carbonyl (C=O) groups is 1. The van der Waals surface area contributed by atoms with Crippen molar-refractivity contribution in [2.75, 3.05) is 6.61 Å². The Hall–Kier alpha value is -2.14. The van der Waals surface area contributed by atoms with Crippen molar-refractivity contribution < 1.29 is 23.1 Å². The minimum absolute atomic E-state index is 0.0289. The van der Waals surface area contributed by atoms with E-state index >= 15 is 0 Å². The molecule has 280 valence electrons. The zero-order valence-corrected chi connectivity index (χ0v) is 35.2. The maximum Gasteiger partial charge on any atom is 0.261 e. The van der Waals surface area contributed by atoms with E-state index in [9.17, 15) is 4.79 Å². The molecule has 5 rings (SSSR count). The molecule has 7 atom stereocenters. The second kappa shape index (κ2) is 16.5. The van der Waals surface area contributed by atoms with Crippen LogP contribution in [0.1, 0.15) is 94.9 Å². The molecule has 0 aromatic heterocycles. The number of ether oxygens (including phenoxy) is 2. The van der Waals surface area contributed by atoms with Crippen molar-refractivity contribution in [1.82, 2.24) is 0 Å². The Bertz CT molecular complexity index is 1440. The van der Waals surface area contributed by atoms with Crippen LogP contribution in [0.2, 0.25) is 23.2 Å². The highest BCUT2D eigenvalue weighted by atomic mass is 28.4. The lowest BCUT2D eigenvalue weighted by Crippen LogP contribution is -2.66. The Morgan fingerprint density at radius 2 is 1.35 bits per heavy atom. The first-order valence-corrected chi connectivity index (χ1v) is 24.3. The van der Waals surface area contributed by atoms with E-state index in [1.807, 2.05) is 13.8 Å². The van der Waals surface area contributed by atoms with Crippen LogP contribution in [0.4, 0.5) is 0 Å². The smallest absolute Gasteiger partial charge is 0.261 e. The van der Waals surface area contributed by atoms with Crippen LogP contribution >= 0.6 is 0 Å². The van der Waals surface area contributed by atoms with E-state index in [2.05, 4.69) is 134 Å². The lowest BCUT2D eigenvalue weighted by Gasteiger charge is -2.45. The quantitative estimate of drug-likeness (QED) is 0.181. The number of allylic oxidation sites excluding steroid dienone is 3. The van der Waals surface area contributed by atoms with Crippen molar-refractivity contribution in [2.24, 2.45) is 23.7 Å². The highest BCUT2D eigenvalue weighted by Crippen LogP contribution is 2.45.